The van der Waals surface area contributed by atoms with E-state index in [4.69, 9.17) is 40.2 Å². The summed E-state index contributed by atoms with van der Waals surface area (Å²) in [6, 6.07) is 5.54. The largest absolute Gasteiger partial charge is 0.479 e. The van der Waals surface area contributed by atoms with Gasteiger partial charge < -0.3 is 9.30 Å². The van der Waals surface area contributed by atoms with E-state index in [1.54, 1.807) is 18.6 Å². The molecule has 2 rings (SSSR count). The lowest BCUT2D eigenvalue weighted by molar-refractivity contribution is 0.309. The molecule has 0 radical (unpaired) electrons. The van der Waals surface area contributed by atoms with Crippen LogP contribution in [0, 0.1) is 0 Å². The first-order chi connectivity index (χ1) is 11.6. The van der Waals surface area contributed by atoms with Crippen LogP contribution in [0.25, 0.3) is 0 Å². The molecule has 0 amide bonds. The molecule has 24 heavy (non-hydrogen) atoms. The lowest BCUT2D eigenvalue weighted by Gasteiger charge is -2.19. The maximum Gasteiger partial charge on any atom is 0.220 e. The van der Waals surface area contributed by atoms with Crippen LogP contribution < -0.4 is 0 Å². The van der Waals surface area contributed by atoms with Gasteiger partial charge in [0, 0.05) is 29.0 Å². The Hall–Kier alpha value is -0.750. The van der Waals surface area contributed by atoms with Gasteiger partial charge in [-0.2, -0.15) is 0 Å². The quantitative estimate of drug-likeness (QED) is 0.390. The van der Waals surface area contributed by atoms with Crippen LogP contribution >= 0.6 is 47.2 Å². The van der Waals surface area contributed by atoms with Crippen molar-refractivity contribution in [3.8, 4) is 0 Å². The standard InChI is InChI=1S/C17H20Cl2N2OS2/c1-2-3-4-9-22-17(23)24-16(11-21-8-7-20-12-21)14-6-5-13(18)10-15(14)19/h5-8,10,12,16H,2-4,9,11H2,1H3. The Balaban J connectivity index is 2.06. The van der Waals surface area contributed by atoms with Crippen molar-refractivity contribution in [2.75, 3.05) is 6.61 Å². The number of ether oxygens (including phenoxy) is 1. The second-order valence-electron chi connectivity index (χ2n) is 5.34. The first kappa shape index (κ1) is 19.6. The monoisotopic (exact) mass is 402 g/mol. The van der Waals surface area contributed by atoms with Crippen LogP contribution in [0.2, 0.25) is 10.0 Å². The molecular weight excluding hydrogens is 383 g/mol. The average Bonchev–Trinajstić information content (AvgIpc) is 3.04. The first-order valence-corrected chi connectivity index (χ1v) is 9.88. The molecule has 130 valence electrons. The maximum absolute atomic E-state index is 6.39. The number of thioether (sulfide) groups is 1. The Morgan fingerprint density at radius 3 is 2.88 bits per heavy atom. The summed E-state index contributed by atoms with van der Waals surface area (Å²) in [6.45, 7) is 3.52. The topological polar surface area (TPSA) is 27.1 Å². The minimum absolute atomic E-state index is 0.0302. The van der Waals surface area contributed by atoms with Crippen LogP contribution in [0.3, 0.4) is 0 Å². The van der Waals surface area contributed by atoms with Gasteiger partial charge in [0.2, 0.25) is 4.38 Å². The number of rotatable bonds is 8. The predicted molar refractivity (Wildman–Crippen MR) is 107 cm³/mol. The van der Waals surface area contributed by atoms with Crippen molar-refractivity contribution in [1.29, 1.82) is 0 Å². The number of unbranched alkanes of at least 4 members (excludes halogenated alkanes) is 2. The first-order valence-electron chi connectivity index (χ1n) is 7.84. The molecule has 1 aromatic heterocycles. The molecule has 0 N–H and O–H groups in total. The Bertz CT molecular complexity index is 650. The van der Waals surface area contributed by atoms with Gasteiger partial charge in [0.05, 0.1) is 18.2 Å². The number of aromatic nitrogens is 2. The Morgan fingerprint density at radius 1 is 1.38 bits per heavy atom. The van der Waals surface area contributed by atoms with Crippen LogP contribution in [0.1, 0.15) is 37.0 Å². The fourth-order valence-corrected chi connectivity index (χ4v) is 4.21. The molecule has 0 fully saturated rings. The van der Waals surface area contributed by atoms with Crippen molar-refractivity contribution in [3.05, 3.63) is 52.5 Å². The summed E-state index contributed by atoms with van der Waals surface area (Å²) in [5.74, 6) is 0. The van der Waals surface area contributed by atoms with E-state index in [2.05, 4.69) is 11.9 Å². The van der Waals surface area contributed by atoms with E-state index in [-0.39, 0.29) is 5.25 Å². The molecule has 0 aliphatic heterocycles. The van der Waals surface area contributed by atoms with E-state index >= 15 is 0 Å². The molecule has 1 atom stereocenters. The van der Waals surface area contributed by atoms with Gasteiger partial charge in [-0.15, -0.1) is 0 Å². The third kappa shape index (κ3) is 6.28. The highest BCUT2D eigenvalue weighted by atomic mass is 35.5. The van der Waals surface area contributed by atoms with E-state index in [0.29, 0.717) is 27.6 Å². The van der Waals surface area contributed by atoms with E-state index in [1.807, 2.05) is 22.9 Å². The lowest BCUT2D eigenvalue weighted by Crippen LogP contribution is -2.09. The van der Waals surface area contributed by atoms with Gasteiger partial charge in [-0.25, -0.2) is 4.98 Å². The van der Waals surface area contributed by atoms with E-state index in [9.17, 15) is 0 Å². The zero-order chi connectivity index (χ0) is 17.4. The molecule has 1 heterocycles. The van der Waals surface area contributed by atoms with Crippen molar-refractivity contribution in [1.82, 2.24) is 9.55 Å². The minimum atomic E-state index is 0.0302. The maximum atomic E-state index is 6.39. The second-order valence-corrected chi connectivity index (χ2v) is 7.99. The fraction of sp³-hybridized carbons (Fsp3) is 0.412. The van der Waals surface area contributed by atoms with Gasteiger partial charge in [-0.3, -0.25) is 0 Å². The molecule has 1 aromatic carbocycles. The molecule has 2 aromatic rings. The molecule has 3 nitrogen and oxygen atoms in total. The average molecular weight is 403 g/mol. The predicted octanol–water partition coefficient (Wildman–Crippen LogP) is 6.16. The van der Waals surface area contributed by atoms with Crippen molar-refractivity contribution < 1.29 is 4.74 Å². The Morgan fingerprint density at radius 2 is 2.21 bits per heavy atom. The number of nitrogens with zero attached hydrogens (tertiary/aromatic N) is 2. The van der Waals surface area contributed by atoms with Crippen molar-refractivity contribution in [2.45, 2.75) is 38.0 Å². The van der Waals surface area contributed by atoms with Gasteiger partial charge in [0.1, 0.15) is 0 Å². The van der Waals surface area contributed by atoms with Crippen LogP contribution in [0.5, 0.6) is 0 Å². The van der Waals surface area contributed by atoms with E-state index < -0.39 is 0 Å². The summed E-state index contributed by atoms with van der Waals surface area (Å²) in [4.78, 5) is 4.09. The van der Waals surface area contributed by atoms with Crippen molar-refractivity contribution in [3.63, 3.8) is 0 Å². The molecule has 0 bridgehead atoms. The van der Waals surface area contributed by atoms with Crippen LogP contribution in [0.4, 0.5) is 0 Å². The zero-order valence-corrected chi connectivity index (χ0v) is 16.6. The summed E-state index contributed by atoms with van der Waals surface area (Å²) in [5, 5.41) is 1.28. The third-order valence-electron chi connectivity index (χ3n) is 3.45. The number of thiocarbonyl (C=S) groups is 1. The summed E-state index contributed by atoms with van der Waals surface area (Å²) >= 11 is 19.3. The van der Waals surface area contributed by atoms with Crippen LogP contribution in [-0.4, -0.2) is 20.5 Å². The number of hydrogen-bond donors (Lipinski definition) is 0. The number of hydrogen-bond acceptors (Lipinski definition) is 4. The lowest BCUT2D eigenvalue weighted by atomic mass is 10.1. The second kappa shape index (κ2) is 10.3. The van der Waals surface area contributed by atoms with Crippen LogP contribution in [-0.2, 0) is 11.3 Å². The SMILES string of the molecule is CCCCCOC(=S)SC(Cn1ccnc1)c1ccc(Cl)cc1Cl. The van der Waals surface area contributed by atoms with E-state index in [1.165, 1.54) is 11.8 Å². The Labute approximate surface area is 162 Å². The molecule has 0 aliphatic rings. The molecule has 0 spiro atoms. The van der Waals surface area contributed by atoms with E-state index in [0.717, 1.165) is 24.8 Å². The minimum Gasteiger partial charge on any atom is -0.479 e. The Kier molecular flexibility index (Phi) is 8.39. The fourth-order valence-electron chi connectivity index (χ4n) is 2.21. The summed E-state index contributed by atoms with van der Waals surface area (Å²) in [6.07, 6.45) is 8.78. The highest BCUT2D eigenvalue weighted by molar-refractivity contribution is 8.22. The van der Waals surface area contributed by atoms with Gasteiger partial charge in [0.15, 0.2) is 0 Å². The zero-order valence-electron chi connectivity index (χ0n) is 13.5. The summed E-state index contributed by atoms with van der Waals surface area (Å²) in [5.41, 5.74) is 0.985. The van der Waals surface area contributed by atoms with Gasteiger partial charge in [-0.1, -0.05) is 60.8 Å². The van der Waals surface area contributed by atoms with Gasteiger partial charge in [-0.05, 0) is 36.3 Å². The summed E-state index contributed by atoms with van der Waals surface area (Å²) in [7, 11) is 0. The molecular formula is C17H20Cl2N2OS2. The molecule has 0 aliphatic carbocycles. The normalized spacial score (nSPS) is 12.1. The molecule has 0 saturated heterocycles. The number of benzene rings is 1. The molecule has 7 heteroatoms. The third-order valence-corrected chi connectivity index (χ3v) is 5.42. The smallest absolute Gasteiger partial charge is 0.220 e. The van der Waals surface area contributed by atoms with Crippen LogP contribution in [0.15, 0.2) is 36.9 Å². The number of halogens is 2. The highest BCUT2D eigenvalue weighted by Crippen LogP contribution is 2.37. The van der Waals surface area contributed by atoms with Crippen molar-refractivity contribution >= 4 is 51.6 Å². The van der Waals surface area contributed by atoms with Gasteiger partial charge >= 0.3 is 0 Å². The molecule has 1 unspecified atom stereocenters. The van der Waals surface area contributed by atoms with Gasteiger partial charge in [0.25, 0.3) is 0 Å². The van der Waals surface area contributed by atoms with Crippen molar-refractivity contribution in [2.24, 2.45) is 0 Å². The summed E-state index contributed by atoms with van der Waals surface area (Å²) < 4.78 is 8.23. The number of imidazole rings is 1. The molecule has 0 saturated carbocycles. The highest BCUT2D eigenvalue weighted by Gasteiger charge is 2.19.